The number of ether oxygens (including phenoxy) is 1. The van der Waals surface area contributed by atoms with Gasteiger partial charge in [-0.15, -0.1) is 11.3 Å². The van der Waals surface area contributed by atoms with E-state index in [0.29, 0.717) is 22.1 Å². The highest BCUT2D eigenvalue weighted by Gasteiger charge is 2.10. The maximum atomic E-state index is 12.1. The van der Waals surface area contributed by atoms with Gasteiger partial charge in [0.25, 0.3) is 5.69 Å². The predicted octanol–water partition coefficient (Wildman–Crippen LogP) is 4.38. The third-order valence-electron chi connectivity index (χ3n) is 3.61. The fraction of sp³-hybridized carbons (Fsp3) is 0.0526. The van der Waals surface area contributed by atoms with Crippen LogP contribution in [0, 0.1) is 10.1 Å². The summed E-state index contributed by atoms with van der Waals surface area (Å²) in [6.07, 6.45) is 3.08. The van der Waals surface area contributed by atoms with Gasteiger partial charge in [0, 0.05) is 29.2 Å². The second-order valence-electron chi connectivity index (χ2n) is 5.44. The molecule has 27 heavy (non-hydrogen) atoms. The van der Waals surface area contributed by atoms with Crippen LogP contribution >= 0.6 is 11.3 Å². The highest BCUT2D eigenvalue weighted by atomic mass is 32.1. The Morgan fingerprint density at radius 2 is 2.07 bits per heavy atom. The van der Waals surface area contributed by atoms with Gasteiger partial charge in [-0.2, -0.15) is 0 Å². The van der Waals surface area contributed by atoms with E-state index in [9.17, 15) is 14.9 Å². The largest absolute Gasteiger partial charge is 0.497 e. The first-order chi connectivity index (χ1) is 13.0. The van der Waals surface area contributed by atoms with Crippen LogP contribution in [0.3, 0.4) is 0 Å². The molecule has 0 saturated heterocycles. The van der Waals surface area contributed by atoms with Crippen LogP contribution in [0.15, 0.2) is 60.0 Å². The Hall–Kier alpha value is -3.52. The Kier molecular flexibility index (Phi) is 5.58. The summed E-state index contributed by atoms with van der Waals surface area (Å²) in [6.45, 7) is 0. The van der Waals surface area contributed by atoms with Crippen LogP contribution in [0.2, 0.25) is 0 Å². The number of nitro groups is 1. The van der Waals surface area contributed by atoms with Crippen molar-refractivity contribution in [1.82, 2.24) is 4.98 Å². The lowest BCUT2D eigenvalue weighted by Crippen LogP contribution is -2.07. The van der Waals surface area contributed by atoms with E-state index < -0.39 is 4.92 Å². The second kappa shape index (κ2) is 8.24. The molecule has 1 N–H and O–H groups in total. The molecule has 0 aliphatic heterocycles. The summed E-state index contributed by atoms with van der Waals surface area (Å²) in [5.74, 6) is 0.386. The maximum Gasteiger partial charge on any atom is 0.270 e. The minimum atomic E-state index is -0.456. The van der Waals surface area contributed by atoms with Crippen molar-refractivity contribution in [2.24, 2.45) is 0 Å². The Labute approximate surface area is 159 Å². The molecule has 0 bridgehead atoms. The summed E-state index contributed by atoms with van der Waals surface area (Å²) in [7, 11) is 1.58. The number of hydrogen-bond donors (Lipinski definition) is 1. The number of nitrogens with zero attached hydrogens (tertiary/aromatic N) is 2. The summed E-state index contributed by atoms with van der Waals surface area (Å²) >= 11 is 1.25. The molecule has 0 radical (unpaired) electrons. The summed E-state index contributed by atoms with van der Waals surface area (Å²) in [5.41, 5.74) is 2.01. The van der Waals surface area contributed by atoms with E-state index >= 15 is 0 Å². The van der Waals surface area contributed by atoms with Gasteiger partial charge in [0.05, 0.1) is 17.7 Å². The number of nitro benzene ring substituents is 1. The average Bonchev–Trinajstić information content (AvgIpc) is 3.15. The monoisotopic (exact) mass is 381 g/mol. The molecule has 3 rings (SSSR count). The summed E-state index contributed by atoms with van der Waals surface area (Å²) in [4.78, 5) is 26.8. The Balaban J connectivity index is 1.68. The second-order valence-corrected chi connectivity index (χ2v) is 6.30. The van der Waals surface area contributed by atoms with E-state index in [1.807, 2.05) is 24.3 Å². The zero-order valence-corrected chi connectivity index (χ0v) is 15.1. The molecule has 1 aromatic heterocycles. The standard InChI is InChI=1S/C19H15N3O4S/c1-26-16-7-2-4-13(10-16)8-9-18(23)21-19-20-17(12-27-19)14-5-3-6-15(11-14)22(24)25/h2-12H,1H3,(H,20,21,23)/b9-8+. The molecule has 0 atom stereocenters. The van der Waals surface area contributed by atoms with Crippen molar-refractivity contribution in [3.8, 4) is 17.0 Å². The van der Waals surface area contributed by atoms with Crippen LogP contribution in [0.1, 0.15) is 5.56 Å². The summed E-state index contributed by atoms with van der Waals surface area (Å²) < 4.78 is 5.14. The van der Waals surface area contributed by atoms with Crippen LogP contribution < -0.4 is 10.1 Å². The lowest BCUT2D eigenvalue weighted by molar-refractivity contribution is -0.384. The zero-order chi connectivity index (χ0) is 19.2. The van der Waals surface area contributed by atoms with Gasteiger partial charge >= 0.3 is 0 Å². The number of non-ortho nitro benzene ring substituents is 1. The number of amides is 1. The van der Waals surface area contributed by atoms with Crippen LogP contribution in [0.25, 0.3) is 17.3 Å². The number of anilines is 1. The van der Waals surface area contributed by atoms with E-state index in [-0.39, 0.29) is 11.6 Å². The molecular weight excluding hydrogens is 366 g/mol. The molecule has 1 heterocycles. The first kappa shape index (κ1) is 18.3. The van der Waals surface area contributed by atoms with Gasteiger partial charge in [-0.05, 0) is 23.8 Å². The molecule has 0 fully saturated rings. The maximum absolute atomic E-state index is 12.1. The van der Waals surface area contributed by atoms with Crippen molar-refractivity contribution in [2.45, 2.75) is 0 Å². The molecule has 0 aliphatic carbocycles. The van der Waals surface area contributed by atoms with E-state index in [2.05, 4.69) is 10.3 Å². The number of benzene rings is 2. The SMILES string of the molecule is COc1cccc(/C=C/C(=O)Nc2nc(-c3cccc([N+](=O)[O-])c3)cs2)c1. The van der Waals surface area contributed by atoms with Crippen molar-refractivity contribution in [1.29, 1.82) is 0 Å². The van der Waals surface area contributed by atoms with Gasteiger partial charge in [-0.1, -0.05) is 24.3 Å². The van der Waals surface area contributed by atoms with E-state index in [0.717, 1.165) is 5.56 Å². The minimum absolute atomic E-state index is 0.00712. The number of hydrogen-bond acceptors (Lipinski definition) is 6. The van der Waals surface area contributed by atoms with Gasteiger partial charge < -0.3 is 4.74 Å². The van der Waals surface area contributed by atoms with Crippen molar-refractivity contribution in [3.63, 3.8) is 0 Å². The number of rotatable bonds is 6. The number of nitrogens with one attached hydrogen (secondary N) is 1. The Bertz CT molecular complexity index is 1010. The molecule has 8 heteroatoms. The molecule has 7 nitrogen and oxygen atoms in total. The van der Waals surface area contributed by atoms with Crippen molar-refractivity contribution in [2.75, 3.05) is 12.4 Å². The van der Waals surface area contributed by atoms with Crippen LogP contribution in [0.4, 0.5) is 10.8 Å². The topological polar surface area (TPSA) is 94.4 Å². The number of carbonyl (C=O) groups is 1. The number of methoxy groups -OCH3 is 1. The van der Waals surface area contributed by atoms with E-state index in [1.54, 1.807) is 30.7 Å². The third kappa shape index (κ3) is 4.77. The highest BCUT2D eigenvalue weighted by Crippen LogP contribution is 2.27. The van der Waals surface area contributed by atoms with Gasteiger partial charge in [0.2, 0.25) is 5.91 Å². The predicted molar refractivity (Wildman–Crippen MR) is 105 cm³/mol. The van der Waals surface area contributed by atoms with Gasteiger partial charge in [-0.25, -0.2) is 4.98 Å². The van der Waals surface area contributed by atoms with Gasteiger partial charge in [0.1, 0.15) is 5.75 Å². The van der Waals surface area contributed by atoms with Crippen LogP contribution in [-0.4, -0.2) is 22.9 Å². The number of carbonyl (C=O) groups excluding carboxylic acids is 1. The van der Waals surface area contributed by atoms with Crippen LogP contribution in [0.5, 0.6) is 5.75 Å². The minimum Gasteiger partial charge on any atom is -0.497 e. The Morgan fingerprint density at radius 1 is 1.26 bits per heavy atom. The average molecular weight is 381 g/mol. The fourth-order valence-corrected chi connectivity index (χ4v) is 3.03. The molecular formula is C19H15N3O4S. The zero-order valence-electron chi connectivity index (χ0n) is 14.3. The Morgan fingerprint density at radius 3 is 2.85 bits per heavy atom. The van der Waals surface area contributed by atoms with Gasteiger partial charge in [0.15, 0.2) is 5.13 Å². The summed E-state index contributed by atoms with van der Waals surface area (Å²) in [6, 6.07) is 13.5. The smallest absolute Gasteiger partial charge is 0.270 e. The molecule has 0 spiro atoms. The molecule has 136 valence electrons. The number of thiazole rings is 1. The normalized spacial score (nSPS) is 10.7. The lowest BCUT2D eigenvalue weighted by atomic mass is 10.1. The molecule has 0 unspecified atom stereocenters. The first-order valence-corrected chi connectivity index (χ1v) is 8.76. The molecule has 0 saturated carbocycles. The highest BCUT2D eigenvalue weighted by molar-refractivity contribution is 7.14. The molecule has 1 amide bonds. The molecule has 3 aromatic rings. The quantitative estimate of drug-likeness (QED) is 0.388. The number of aromatic nitrogens is 1. The summed E-state index contributed by atoms with van der Waals surface area (Å²) in [5, 5.41) is 15.7. The van der Waals surface area contributed by atoms with Crippen LogP contribution in [-0.2, 0) is 4.79 Å². The molecule has 0 aliphatic rings. The van der Waals surface area contributed by atoms with Crippen molar-refractivity contribution >= 4 is 34.1 Å². The fourth-order valence-electron chi connectivity index (χ4n) is 2.31. The first-order valence-electron chi connectivity index (χ1n) is 7.88. The lowest BCUT2D eigenvalue weighted by Gasteiger charge is -2.00. The van der Waals surface area contributed by atoms with Gasteiger partial charge in [-0.3, -0.25) is 20.2 Å². The van der Waals surface area contributed by atoms with E-state index in [4.69, 9.17) is 4.74 Å². The van der Waals surface area contributed by atoms with E-state index in [1.165, 1.54) is 29.5 Å². The molecule has 2 aromatic carbocycles. The van der Waals surface area contributed by atoms with Crippen molar-refractivity contribution < 1.29 is 14.5 Å². The third-order valence-corrected chi connectivity index (χ3v) is 4.37. The van der Waals surface area contributed by atoms with Crippen molar-refractivity contribution in [3.05, 3.63) is 75.7 Å².